The first-order valence-electron chi connectivity index (χ1n) is 0.400. The molecular weight excluding hydrogens is 170 g/mol. The summed E-state index contributed by atoms with van der Waals surface area (Å²) in [4.78, 5) is 1.50. The Bertz CT molecular complexity index is 29.8. The summed E-state index contributed by atoms with van der Waals surface area (Å²) in [5, 5.41) is 0. The maximum Gasteiger partial charge on any atom is 0 e. The molecule has 4 nitrogen and oxygen atoms in total. The first-order valence-corrected chi connectivity index (χ1v) is 0.400. The van der Waals surface area contributed by atoms with Crippen molar-refractivity contribution in [1.82, 2.24) is 0 Å². The molecule has 0 aromatic carbocycles. The van der Waals surface area contributed by atoms with Gasteiger partial charge in [-0.2, -0.15) is 0 Å². The minimum Gasteiger partial charge on any atom is -0.412 e. The van der Waals surface area contributed by atoms with Crippen LogP contribution in [-0.4, -0.2) is 5.48 Å². The summed E-state index contributed by atoms with van der Waals surface area (Å²) in [6, 6.07) is 0. The maximum absolute atomic E-state index is 6.75. The van der Waals surface area contributed by atoms with E-state index in [9.17, 15) is 0 Å². The van der Waals surface area contributed by atoms with Crippen molar-refractivity contribution in [3.05, 3.63) is 16.0 Å². The Balaban J connectivity index is -0.00000000667. The minimum atomic E-state index is 0. The van der Waals surface area contributed by atoms with Crippen LogP contribution in [0.25, 0.3) is 16.0 Å². The second-order valence-corrected chi connectivity index (χ2v) is 0.0894. The van der Waals surface area contributed by atoms with E-state index < -0.39 is 0 Å². The molecule has 0 unspecified atom stereocenters. The smallest absolute Gasteiger partial charge is 0 e. The molecule has 0 aliphatic rings. The summed E-state index contributed by atoms with van der Waals surface area (Å²) < 4.78 is 0. The van der Waals surface area contributed by atoms with Gasteiger partial charge in [-0.25, -0.2) is 0 Å². The quantitative estimate of drug-likeness (QED) is 0.213. The Labute approximate surface area is 56.0 Å². The molecule has 0 aliphatic heterocycles. The van der Waals surface area contributed by atoms with E-state index in [2.05, 4.69) is 0 Å². The molecule has 2 N–H and O–H groups in total. The van der Waals surface area contributed by atoms with Crippen molar-refractivity contribution in [3.63, 3.8) is 0 Å². The Morgan fingerprint density at radius 1 is 1.00 bits per heavy atom. The Kier molecular flexibility index (Phi) is 320. The Morgan fingerprint density at radius 3 is 1.00 bits per heavy atom. The summed E-state index contributed by atoms with van der Waals surface area (Å²) in [5.41, 5.74) is 13.5. The standard InChI is InChI=1S/2Fe.N3.H2O/c;;1-3-2;/h;;;1H2/q;;-1;. The molecule has 0 spiro atoms. The van der Waals surface area contributed by atoms with Gasteiger partial charge in [0.05, 0.1) is 0 Å². The third kappa shape index (κ3) is 494. The van der Waals surface area contributed by atoms with Crippen LogP contribution in [0.15, 0.2) is 0 Å². The van der Waals surface area contributed by atoms with Crippen LogP contribution in [0.1, 0.15) is 0 Å². The molecule has 0 bridgehead atoms. The van der Waals surface area contributed by atoms with Gasteiger partial charge >= 0.3 is 0 Å². The third-order valence-electron chi connectivity index (χ3n) is 0. The van der Waals surface area contributed by atoms with Crippen molar-refractivity contribution in [2.24, 2.45) is 0 Å². The molecular formula is H2Fe2N3O-. The van der Waals surface area contributed by atoms with E-state index >= 15 is 0 Å². The fourth-order valence-corrected chi connectivity index (χ4v) is 0. The molecule has 0 heterocycles. The van der Waals surface area contributed by atoms with Gasteiger partial charge in [0.25, 0.3) is 0 Å². The zero-order valence-electron chi connectivity index (χ0n) is 2.55. The molecule has 6 heteroatoms. The van der Waals surface area contributed by atoms with E-state index in [1.165, 1.54) is 4.91 Å². The number of hydrogen-bond acceptors (Lipinski definition) is 0. The van der Waals surface area contributed by atoms with Gasteiger partial charge in [-0.05, 0) is 0 Å². The zero-order valence-corrected chi connectivity index (χ0v) is 4.76. The first-order chi connectivity index (χ1) is 1.41. The molecule has 0 amide bonds. The summed E-state index contributed by atoms with van der Waals surface area (Å²) in [5.74, 6) is 0. The molecule has 0 radical (unpaired) electrons. The largest absolute Gasteiger partial charge is 0.412 e. The van der Waals surface area contributed by atoms with Crippen LogP contribution in [0, 0.1) is 0 Å². The monoisotopic (exact) mass is 172 g/mol. The molecule has 0 atom stereocenters. The average Bonchev–Trinajstić information content (AvgIpc) is 0.918. The van der Waals surface area contributed by atoms with E-state index in [0.29, 0.717) is 0 Å². The molecule has 0 aliphatic carbocycles. The van der Waals surface area contributed by atoms with Crippen molar-refractivity contribution >= 4 is 0 Å². The first kappa shape index (κ1) is 33.4. The van der Waals surface area contributed by atoms with E-state index in [1.807, 2.05) is 0 Å². The third-order valence-corrected chi connectivity index (χ3v) is 0. The van der Waals surface area contributed by atoms with Gasteiger partial charge in [0.1, 0.15) is 0 Å². The summed E-state index contributed by atoms with van der Waals surface area (Å²) >= 11 is 0. The topological polar surface area (TPSA) is 90.2 Å². The average molecular weight is 172 g/mol. The van der Waals surface area contributed by atoms with Gasteiger partial charge < -0.3 is 16.5 Å². The van der Waals surface area contributed by atoms with Crippen molar-refractivity contribution in [2.75, 3.05) is 0 Å². The summed E-state index contributed by atoms with van der Waals surface area (Å²) in [6.45, 7) is 0. The van der Waals surface area contributed by atoms with Gasteiger partial charge in [-0.15, -0.1) is 0 Å². The maximum atomic E-state index is 6.75. The molecule has 0 aromatic rings. The van der Waals surface area contributed by atoms with Crippen LogP contribution in [0.5, 0.6) is 0 Å². The summed E-state index contributed by atoms with van der Waals surface area (Å²) in [6.07, 6.45) is 0. The second kappa shape index (κ2) is 57.5. The van der Waals surface area contributed by atoms with Crippen molar-refractivity contribution in [3.8, 4) is 0 Å². The van der Waals surface area contributed by atoms with Crippen LogP contribution in [-0.2, 0) is 34.1 Å². The normalized spacial score (nSPS) is 1.33. The van der Waals surface area contributed by atoms with Crippen LogP contribution in [0.2, 0.25) is 0 Å². The van der Waals surface area contributed by atoms with Crippen molar-refractivity contribution < 1.29 is 39.6 Å². The number of nitrogens with zero attached hydrogens (tertiary/aromatic N) is 3. The van der Waals surface area contributed by atoms with Crippen molar-refractivity contribution in [1.29, 1.82) is 0 Å². The fraction of sp³-hybridized carbons (Fsp3) is 0. The van der Waals surface area contributed by atoms with Crippen LogP contribution >= 0.6 is 0 Å². The molecule has 0 aromatic heterocycles. The van der Waals surface area contributed by atoms with Crippen LogP contribution < -0.4 is 0 Å². The van der Waals surface area contributed by atoms with Gasteiger partial charge in [0, 0.05) is 34.1 Å². The van der Waals surface area contributed by atoms with Crippen molar-refractivity contribution in [2.45, 2.75) is 0 Å². The van der Waals surface area contributed by atoms with Gasteiger partial charge in [0.2, 0.25) is 0 Å². The van der Waals surface area contributed by atoms with E-state index in [4.69, 9.17) is 11.1 Å². The van der Waals surface area contributed by atoms with Crippen LogP contribution in [0.4, 0.5) is 0 Å². The zero-order chi connectivity index (χ0) is 2.71. The predicted molar refractivity (Wildman–Crippen MR) is 13.7 cm³/mol. The van der Waals surface area contributed by atoms with E-state index in [1.54, 1.807) is 0 Å². The van der Waals surface area contributed by atoms with Gasteiger partial charge in [-0.1, -0.05) is 0 Å². The Morgan fingerprint density at radius 2 is 1.00 bits per heavy atom. The molecule has 0 rings (SSSR count). The number of rotatable bonds is 0. The molecule has 6 heavy (non-hydrogen) atoms. The minimum absolute atomic E-state index is 0. The number of hydrogen-bond donors (Lipinski definition) is 0. The van der Waals surface area contributed by atoms with E-state index in [-0.39, 0.29) is 39.6 Å². The van der Waals surface area contributed by atoms with Gasteiger partial charge in [-0.3, -0.25) is 4.91 Å². The van der Waals surface area contributed by atoms with E-state index in [0.717, 1.165) is 0 Å². The summed E-state index contributed by atoms with van der Waals surface area (Å²) in [7, 11) is 0. The fourth-order valence-electron chi connectivity index (χ4n) is 0. The second-order valence-electron chi connectivity index (χ2n) is 0.0894. The molecule has 0 fully saturated rings. The van der Waals surface area contributed by atoms with Crippen LogP contribution in [0.3, 0.4) is 0 Å². The SMILES string of the molecule is O.[Fe].[Fe].[N-]=[N+]=[N-]. The predicted octanol–water partition coefficient (Wildman–Crippen LogP) is 0.0364. The molecule has 40 valence electrons. The molecule has 0 saturated heterocycles. The van der Waals surface area contributed by atoms with Gasteiger partial charge in [0.15, 0.2) is 0 Å². The Hall–Kier alpha value is 0.309. The molecule has 0 saturated carbocycles.